The molecular weight excluding hydrogens is 282 g/mol. The Hall–Kier alpha value is -2.62. The molecule has 2 heterocycles. The van der Waals surface area contributed by atoms with Gasteiger partial charge >= 0.3 is 5.69 Å². The Kier molecular flexibility index (Phi) is 3.84. The fourth-order valence-electron chi connectivity index (χ4n) is 1.38. The highest BCUT2D eigenvalue weighted by atomic mass is 32.2. The van der Waals surface area contributed by atoms with Crippen molar-refractivity contribution in [2.75, 3.05) is 23.8 Å². The highest BCUT2D eigenvalue weighted by Gasteiger charge is 2.18. The molecule has 2 aromatic rings. The van der Waals surface area contributed by atoms with Crippen LogP contribution in [-0.4, -0.2) is 26.9 Å². The number of nitro groups is 1. The van der Waals surface area contributed by atoms with Gasteiger partial charge in [-0.05, 0) is 17.8 Å². The van der Waals surface area contributed by atoms with Gasteiger partial charge in [0.05, 0.1) is 4.92 Å². The highest BCUT2D eigenvalue weighted by Crippen LogP contribution is 2.32. The van der Waals surface area contributed by atoms with Crippen molar-refractivity contribution in [1.29, 1.82) is 0 Å². The van der Waals surface area contributed by atoms with Crippen LogP contribution in [-0.2, 0) is 0 Å². The van der Waals surface area contributed by atoms with Crippen LogP contribution >= 0.6 is 11.8 Å². The van der Waals surface area contributed by atoms with Gasteiger partial charge < -0.3 is 16.8 Å². The van der Waals surface area contributed by atoms with E-state index in [4.69, 9.17) is 11.5 Å². The number of nitrogens with one attached hydrogen (secondary N) is 1. The van der Waals surface area contributed by atoms with Crippen LogP contribution < -0.4 is 16.8 Å². The second-order valence-electron chi connectivity index (χ2n) is 3.63. The first kappa shape index (κ1) is 13.8. The van der Waals surface area contributed by atoms with Crippen molar-refractivity contribution in [1.82, 2.24) is 15.0 Å². The van der Waals surface area contributed by atoms with Gasteiger partial charge in [-0.1, -0.05) is 0 Å². The monoisotopic (exact) mass is 293 g/mol. The Bertz CT molecular complexity index is 644. The average molecular weight is 293 g/mol. The van der Waals surface area contributed by atoms with E-state index in [0.717, 1.165) is 11.8 Å². The van der Waals surface area contributed by atoms with Crippen molar-refractivity contribution in [2.45, 2.75) is 10.2 Å². The van der Waals surface area contributed by atoms with E-state index in [1.54, 1.807) is 7.05 Å². The lowest BCUT2D eigenvalue weighted by atomic mass is 10.4. The summed E-state index contributed by atoms with van der Waals surface area (Å²) < 4.78 is 0. The zero-order valence-electron chi connectivity index (χ0n) is 10.4. The van der Waals surface area contributed by atoms with Gasteiger partial charge in [-0.3, -0.25) is 10.1 Å². The molecule has 0 spiro atoms. The fraction of sp³-hybridized carbons (Fsp3) is 0.100. The van der Waals surface area contributed by atoms with E-state index >= 15 is 0 Å². The van der Waals surface area contributed by atoms with E-state index in [0.29, 0.717) is 5.82 Å². The number of rotatable bonds is 4. The van der Waals surface area contributed by atoms with E-state index in [2.05, 4.69) is 20.3 Å². The molecule has 2 rings (SSSR count). The van der Waals surface area contributed by atoms with E-state index < -0.39 is 4.92 Å². The van der Waals surface area contributed by atoms with Crippen LogP contribution in [0.3, 0.4) is 0 Å². The molecule has 0 amide bonds. The van der Waals surface area contributed by atoms with Crippen molar-refractivity contribution < 1.29 is 4.92 Å². The van der Waals surface area contributed by atoms with Crippen molar-refractivity contribution in [3.63, 3.8) is 0 Å². The van der Waals surface area contributed by atoms with E-state index in [9.17, 15) is 10.1 Å². The molecule has 0 saturated heterocycles. The number of aromatic nitrogens is 3. The van der Waals surface area contributed by atoms with Crippen LogP contribution in [0.2, 0.25) is 0 Å². The molecule has 10 heteroatoms. The minimum atomic E-state index is -0.523. The third-order valence-corrected chi connectivity index (χ3v) is 3.09. The molecule has 2 aromatic heterocycles. The summed E-state index contributed by atoms with van der Waals surface area (Å²) >= 11 is 0.925. The lowest BCUT2D eigenvalue weighted by Gasteiger charge is -2.05. The minimum Gasteiger partial charge on any atom is -0.383 e. The van der Waals surface area contributed by atoms with E-state index in [1.807, 2.05) is 0 Å². The quantitative estimate of drug-likeness (QED) is 0.429. The van der Waals surface area contributed by atoms with Crippen LogP contribution in [0.25, 0.3) is 0 Å². The molecule has 0 aliphatic rings. The molecule has 20 heavy (non-hydrogen) atoms. The maximum atomic E-state index is 11.0. The van der Waals surface area contributed by atoms with Crippen LogP contribution in [0.15, 0.2) is 28.4 Å². The molecule has 0 unspecified atom stereocenters. The lowest BCUT2D eigenvalue weighted by molar-refractivity contribution is -0.388. The molecule has 0 aromatic carbocycles. The summed E-state index contributed by atoms with van der Waals surface area (Å²) in [4.78, 5) is 22.5. The molecule has 0 bridgehead atoms. The van der Waals surface area contributed by atoms with Crippen molar-refractivity contribution >= 4 is 34.9 Å². The molecule has 9 nitrogen and oxygen atoms in total. The zero-order valence-corrected chi connectivity index (χ0v) is 11.2. The maximum absolute atomic E-state index is 11.0. The van der Waals surface area contributed by atoms with Crippen molar-refractivity contribution in [3.8, 4) is 0 Å². The Morgan fingerprint density at radius 2 is 1.90 bits per heavy atom. The fourth-order valence-corrected chi connectivity index (χ4v) is 2.25. The Morgan fingerprint density at radius 1 is 1.25 bits per heavy atom. The van der Waals surface area contributed by atoms with E-state index in [-0.39, 0.29) is 27.5 Å². The first-order valence-corrected chi connectivity index (χ1v) is 6.22. The largest absolute Gasteiger partial charge is 0.383 e. The summed E-state index contributed by atoms with van der Waals surface area (Å²) in [5.74, 6) is 0.870. The Balaban J connectivity index is 2.42. The molecule has 104 valence electrons. The number of pyridine rings is 1. The number of nitrogen functional groups attached to an aromatic ring is 2. The number of hydrogen-bond donors (Lipinski definition) is 3. The van der Waals surface area contributed by atoms with Gasteiger partial charge in [-0.25, -0.2) is 15.0 Å². The van der Waals surface area contributed by atoms with Gasteiger partial charge in [0.2, 0.25) is 0 Å². The van der Waals surface area contributed by atoms with Gasteiger partial charge in [0.1, 0.15) is 17.5 Å². The third-order valence-electron chi connectivity index (χ3n) is 2.23. The number of nitrogens with zero attached hydrogens (tertiary/aromatic N) is 4. The highest BCUT2D eigenvalue weighted by molar-refractivity contribution is 7.99. The summed E-state index contributed by atoms with van der Waals surface area (Å²) in [7, 11) is 1.66. The lowest BCUT2D eigenvalue weighted by Crippen LogP contribution is -2.01. The zero-order chi connectivity index (χ0) is 14.7. The summed E-state index contributed by atoms with van der Waals surface area (Å²) in [6, 6.07) is 4.27. The predicted molar refractivity (Wildman–Crippen MR) is 75.4 cm³/mol. The predicted octanol–water partition coefficient (Wildman–Crippen LogP) is 1.14. The van der Waals surface area contributed by atoms with E-state index in [1.165, 1.54) is 18.2 Å². The summed E-state index contributed by atoms with van der Waals surface area (Å²) in [6.07, 6.45) is 0. The maximum Gasteiger partial charge on any atom is 0.301 e. The minimum absolute atomic E-state index is 0.140. The number of nitrogens with two attached hydrogens (primary N) is 2. The molecule has 0 radical (unpaired) electrons. The third kappa shape index (κ3) is 3.03. The van der Waals surface area contributed by atoms with Gasteiger partial charge in [0.15, 0.2) is 10.2 Å². The summed E-state index contributed by atoms with van der Waals surface area (Å²) in [5.41, 5.74) is 11.0. The first-order valence-electron chi connectivity index (χ1n) is 5.40. The summed E-state index contributed by atoms with van der Waals surface area (Å²) in [5, 5.41) is 14.2. The topological polar surface area (TPSA) is 146 Å². The molecular formula is C10H11N7O2S. The van der Waals surface area contributed by atoms with Crippen molar-refractivity contribution in [3.05, 3.63) is 28.3 Å². The first-order chi connectivity index (χ1) is 9.49. The smallest absolute Gasteiger partial charge is 0.301 e. The molecule has 0 aliphatic carbocycles. The van der Waals surface area contributed by atoms with Crippen LogP contribution in [0.5, 0.6) is 0 Å². The molecule has 0 atom stereocenters. The van der Waals surface area contributed by atoms with Gasteiger partial charge in [-0.2, -0.15) is 0 Å². The molecule has 5 N–H and O–H groups in total. The SMILES string of the molecule is CNc1ccc([N+](=O)[O-])c(Sc2nc(N)cc(N)n2)n1. The second kappa shape index (κ2) is 5.57. The normalized spacial score (nSPS) is 10.2. The number of hydrogen-bond acceptors (Lipinski definition) is 9. The molecule has 0 fully saturated rings. The second-order valence-corrected chi connectivity index (χ2v) is 4.59. The summed E-state index contributed by atoms with van der Waals surface area (Å²) in [6.45, 7) is 0. The Morgan fingerprint density at radius 3 is 2.45 bits per heavy atom. The van der Waals surface area contributed by atoms with Gasteiger partial charge in [0, 0.05) is 19.2 Å². The van der Waals surface area contributed by atoms with Gasteiger partial charge in [-0.15, -0.1) is 0 Å². The van der Waals surface area contributed by atoms with Crippen LogP contribution in [0, 0.1) is 10.1 Å². The van der Waals surface area contributed by atoms with Gasteiger partial charge in [0.25, 0.3) is 0 Å². The average Bonchev–Trinajstić information content (AvgIpc) is 2.37. The molecule has 0 aliphatic heterocycles. The Labute approximate surface area is 118 Å². The van der Waals surface area contributed by atoms with Crippen molar-refractivity contribution in [2.24, 2.45) is 0 Å². The van der Waals surface area contributed by atoms with Crippen LogP contribution in [0.1, 0.15) is 0 Å². The standard InChI is InChI=1S/C10H11N7O2S/c1-13-8-3-2-5(17(18)19)9(16-8)20-10-14-6(11)4-7(12)15-10/h2-4H,1H3,(H,13,16)(H4,11,12,14,15). The number of anilines is 3. The van der Waals surface area contributed by atoms with Crippen LogP contribution in [0.4, 0.5) is 23.1 Å². The molecule has 0 saturated carbocycles.